The third-order valence-electron chi connectivity index (χ3n) is 3.40. The molecular formula is C17H14N2O3Se. The van der Waals surface area contributed by atoms with Crippen LogP contribution in [0.4, 0.5) is 0 Å². The summed E-state index contributed by atoms with van der Waals surface area (Å²) in [5.41, 5.74) is 1.85. The number of benzene rings is 1. The Hall–Kier alpha value is -2.35. The second kappa shape index (κ2) is 5.69. The number of aromatic carboxylic acids is 1. The van der Waals surface area contributed by atoms with Crippen molar-refractivity contribution in [2.24, 2.45) is 0 Å². The Morgan fingerprint density at radius 1 is 1.57 bits per heavy atom. The quantitative estimate of drug-likeness (QED) is 0.708. The van der Waals surface area contributed by atoms with Crippen molar-refractivity contribution in [3.63, 3.8) is 0 Å². The van der Waals surface area contributed by atoms with Crippen LogP contribution in [0.5, 0.6) is 0 Å². The maximum atomic E-state index is 11.2. The van der Waals surface area contributed by atoms with Crippen LogP contribution >= 0.6 is 0 Å². The van der Waals surface area contributed by atoms with E-state index in [1.54, 1.807) is 32.0 Å². The first-order valence-corrected chi connectivity index (χ1v) is 8.46. The van der Waals surface area contributed by atoms with Gasteiger partial charge >= 0.3 is 141 Å². The molecule has 0 fully saturated rings. The maximum absolute atomic E-state index is 11.2. The Kier molecular flexibility index (Phi) is 3.25. The van der Waals surface area contributed by atoms with E-state index in [2.05, 4.69) is 11.1 Å². The van der Waals surface area contributed by atoms with Gasteiger partial charge in [0, 0.05) is 0 Å². The average Bonchev–Trinajstić information content (AvgIpc) is 3.17. The Balaban J connectivity index is 2.20. The molecule has 1 unspecified atom stereocenters. The van der Waals surface area contributed by atoms with Crippen molar-refractivity contribution in [1.82, 2.24) is 4.98 Å². The van der Waals surface area contributed by atoms with Crippen molar-refractivity contribution >= 4 is 31.4 Å². The SMILES string of the molecule is [2H]CC([2H])(C)c1cc2cc(-c3nc(C)c(C(=O)O)[se]3)cc(C#N)c2o1. The molecule has 0 radical (unpaired) electrons. The summed E-state index contributed by atoms with van der Waals surface area (Å²) in [6.07, 6.45) is 0. The standard InChI is InChI=1S/C17H14N2O3Se/c1-8(2)13-6-10-4-11(5-12(7-18)14(10)22-13)16-19-9(3)15(23-16)17(20)21/h4-6,8H,1-3H3,(H,20,21)/i1D,8D. The fraction of sp³-hybridized carbons (Fsp3) is 0.235. The Morgan fingerprint density at radius 2 is 2.35 bits per heavy atom. The summed E-state index contributed by atoms with van der Waals surface area (Å²) < 4.78 is 22.3. The van der Waals surface area contributed by atoms with E-state index >= 15 is 0 Å². The van der Waals surface area contributed by atoms with Crippen LogP contribution in [0.15, 0.2) is 22.6 Å². The summed E-state index contributed by atoms with van der Waals surface area (Å²) in [6, 6.07) is 7.18. The molecule has 23 heavy (non-hydrogen) atoms. The monoisotopic (exact) mass is 376 g/mol. The Morgan fingerprint density at radius 3 is 2.96 bits per heavy atom. The van der Waals surface area contributed by atoms with Crippen LogP contribution in [0, 0.1) is 18.3 Å². The number of aryl methyl sites for hydroxylation is 1. The summed E-state index contributed by atoms with van der Waals surface area (Å²) >= 11 is -0.437. The van der Waals surface area contributed by atoms with Crippen LogP contribution in [0.2, 0.25) is 0 Å². The van der Waals surface area contributed by atoms with Crippen molar-refractivity contribution in [3.8, 4) is 16.2 Å². The molecule has 0 amide bonds. The number of nitrogens with zero attached hydrogens (tertiary/aromatic N) is 2. The summed E-state index contributed by atoms with van der Waals surface area (Å²) in [6.45, 7) is 3.08. The molecule has 0 aliphatic carbocycles. The molecule has 3 rings (SSSR count). The molecule has 116 valence electrons. The average molecular weight is 375 g/mol. The first-order chi connectivity index (χ1) is 11.8. The van der Waals surface area contributed by atoms with Crippen molar-refractivity contribution in [1.29, 1.82) is 5.26 Å². The van der Waals surface area contributed by atoms with E-state index in [9.17, 15) is 15.2 Å². The number of aromatic nitrogens is 1. The van der Waals surface area contributed by atoms with Crippen molar-refractivity contribution in [3.05, 3.63) is 39.7 Å². The molecule has 0 bridgehead atoms. The molecule has 1 N–H and O–H groups in total. The minimum atomic E-state index is -1.20. The summed E-state index contributed by atoms with van der Waals surface area (Å²) in [4.78, 5) is 15.6. The zero-order valence-corrected chi connectivity index (χ0v) is 14.2. The van der Waals surface area contributed by atoms with E-state index < -0.39 is 26.4 Å². The van der Waals surface area contributed by atoms with Gasteiger partial charge in [0.2, 0.25) is 0 Å². The molecule has 0 saturated heterocycles. The molecule has 0 aliphatic heterocycles. The van der Waals surface area contributed by atoms with Gasteiger partial charge < -0.3 is 0 Å². The summed E-state index contributed by atoms with van der Waals surface area (Å²) in [5.74, 6) is -1.84. The zero-order chi connectivity index (χ0) is 18.4. The second-order valence-corrected chi connectivity index (χ2v) is 7.28. The number of hydrogen-bond donors (Lipinski definition) is 1. The van der Waals surface area contributed by atoms with Gasteiger partial charge in [0.05, 0.1) is 0 Å². The van der Waals surface area contributed by atoms with Gasteiger partial charge in [0.25, 0.3) is 0 Å². The Labute approximate surface area is 141 Å². The minimum absolute atomic E-state index is 0.164. The third-order valence-corrected chi connectivity index (χ3v) is 5.90. The van der Waals surface area contributed by atoms with Crippen LogP contribution in [0.3, 0.4) is 0 Å². The molecule has 1 aromatic carbocycles. The number of furan rings is 1. The van der Waals surface area contributed by atoms with Crippen LogP contribution < -0.4 is 0 Å². The second-order valence-electron chi connectivity index (χ2n) is 5.18. The molecular weight excluding hydrogens is 359 g/mol. The van der Waals surface area contributed by atoms with Crippen molar-refractivity contribution < 1.29 is 17.1 Å². The first kappa shape index (κ1) is 13.1. The van der Waals surface area contributed by atoms with E-state index in [4.69, 9.17) is 7.16 Å². The first-order valence-electron chi connectivity index (χ1n) is 7.96. The fourth-order valence-electron chi connectivity index (χ4n) is 2.29. The molecule has 6 heteroatoms. The van der Waals surface area contributed by atoms with Crippen LogP contribution in [-0.4, -0.2) is 30.6 Å². The molecule has 0 spiro atoms. The molecule has 0 saturated carbocycles. The van der Waals surface area contributed by atoms with Gasteiger partial charge in [-0.25, -0.2) is 0 Å². The van der Waals surface area contributed by atoms with Gasteiger partial charge in [0.1, 0.15) is 0 Å². The summed E-state index contributed by atoms with van der Waals surface area (Å²) in [5, 5.41) is 19.3. The van der Waals surface area contributed by atoms with E-state index in [1.807, 2.05) is 0 Å². The van der Waals surface area contributed by atoms with E-state index in [1.165, 1.54) is 0 Å². The predicted molar refractivity (Wildman–Crippen MR) is 86.9 cm³/mol. The molecule has 5 nitrogen and oxygen atoms in total. The topological polar surface area (TPSA) is 87.1 Å². The number of hydrogen-bond acceptors (Lipinski definition) is 4. The molecule has 2 heterocycles. The van der Waals surface area contributed by atoms with Gasteiger partial charge in [-0.1, -0.05) is 0 Å². The number of fused-ring (bicyclic) bond motifs is 1. The van der Waals surface area contributed by atoms with Gasteiger partial charge in [0.15, 0.2) is 0 Å². The number of rotatable bonds is 3. The van der Waals surface area contributed by atoms with Crippen LogP contribution in [-0.2, 0) is 0 Å². The Bertz CT molecular complexity index is 1030. The number of carbonyl (C=O) groups is 1. The van der Waals surface area contributed by atoms with E-state index in [-0.39, 0.29) is 6.90 Å². The van der Waals surface area contributed by atoms with Gasteiger partial charge in [-0.2, -0.15) is 0 Å². The van der Waals surface area contributed by atoms with Crippen LogP contribution in [0.25, 0.3) is 21.1 Å². The zero-order valence-electron chi connectivity index (χ0n) is 14.5. The molecule has 2 aromatic heterocycles. The van der Waals surface area contributed by atoms with Crippen LogP contribution in [0.1, 0.15) is 48.7 Å². The van der Waals surface area contributed by atoms with Gasteiger partial charge in [-0.15, -0.1) is 0 Å². The van der Waals surface area contributed by atoms with E-state index in [0.717, 1.165) is 0 Å². The number of carboxylic acid groups (broad SMARTS) is 1. The van der Waals surface area contributed by atoms with Crippen molar-refractivity contribution in [2.75, 3.05) is 0 Å². The fourth-order valence-corrected chi connectivity index (χ4v) is 4.16. The van der Waals surface area contributed by atoms with Gasteiger partial charge in [-0.3, -0.25) is 0 Å². The molecule has 0 aliphatic rings. The molecule has 3 aromatic rings. The van der Waals surface area contributed by atoms with Gasteiger partial charge in [-0.05, 0) is 0 Å². The predicted octanol–water partition coefficient (Wildman–Crippen LogP) is 3.55. The summed E-state index contributed by atoms with van der Waals surface area (Å²) in [7, 11) is 0. The number of carboxylic acids is 1. The third kappa shape index (κ3) is 2.70. The normalized spacial score (nSPS) is 14.8. The van der Waals surface area contributed by atoms with E-state index in [0.29, 0.717) is 42.6 Å². The van der Waals surface area contributed by atoms with Crippen molar-refractivity contribution in [2.45, 2.75) is 26.6 Å². The molecule has 1 atom stereocenters. The number of nitriles is 1.